The second-order valence-corrected chi connectivity index (χ2v) is 7.19. The number of fused-ring (bicyclic) bond motifs is 1. The van der Waals surface area contributed by atoms with Crippen LogP contribution in [0.4, 0.5) is 0 Å². The number of aromatic nitrogens is 6. The highest BCUT2D eigenvalue weighted by atomic mass is 35.5. The highest BCUT2D eigenvalue weighted by Crippen LogP contribution is 2.32. The minimum absolute atomic E-state index is 0.164. The van der Waals surface area contributed by atoms with Gasteiger partial charge in [-0.15, -0.1) is 5.10 Å². The van der Waals surface area contributed by atoms with E-state index in [4.69, 9.17) is 11.6 Å². The van der Waals surface area contributed by atoms with Gasteiger partial charge in [0.1, 0.15) is 5.82 Å². The molecule has 1 aliphatic rings. The van der Waals surface area contributed by atoms with Gasteiger partial charge < -0.3 is 4.98 Å². The van der Waals surface area contributed by atoms with Crippen molar-refractivity contribution in [2.24, 2.45) is 0 Å². The lowest BCUT2D eigenvalue weighted by molar-refractivity contribution is 0.423. The summed E-state index contributed by atoms with van der Waals surface area (Å²) in [4.78, 5) is 19.5. The Hall–Kier alpha value is -1.93. The lowest BCUT2D eigenvalue weighted by Gasteiger charge is -2.10. The van der Waals surface area contributed by atoms with Crippen LogP contribution in [-0.2, 0) is 5.75 Å². The molecule has 0 atom stereocenters. The summed E-state index contributed by atoms with van der Waals surface area (Å²) < 4.78 is 1.90. The fourth-order valence-electron chi connectivity index (χ4n) is 3.02. The summed E-state index contributed by atoms with van der Waals surface area (Å²) in [6, 6.07) is 5.44. The van der Waals surface area contributed by atoms with E-state index in [1.54, 1.807) is 18.2 Å². The van der Waals surface area contributed by atoms with E-state index in [1.165, 1.54) is 24.6 Å². The van der Waals surface area contributed by atoms with E-state index in [-0.39, 0.29) is 5.56 Å². The molecule has 0 amide bonds. The highest BCUT2D eigenvalue weighted by Gasteiger charge is 2.21. The third kappa shape index (κ3) is 3.03. The van der Waals surface area contributed by atoms with Crippen LogP contribution in [0.1, 0.15) is 37.5 Å². The number of tetrazole rings is 1. The Morgan fingerprint density at radius 2 is 2.17 bits per heavy atom. The largest absolute Gasteiger partial charge is 0.309 e. The molecule has 3 aromatic rings. The van der Waals surface area contributed by atoms with Crippen LogP contribution in [0.5, 0.6) is 0 Å². The average molecular weight is 363 g/mol. The Kier molecular flexibility index (Phi) is 4.24. The van der Waals surface area contributed by atoms with E-state index in [9.17, 15) is 4.79 Å². The van der Waals surface area contributed by atoms with E-state index in [2.05, 4.69) is 25.5 Å². The Morgan fingerprint density at radius 3 is 3.00 bits per heavy atom. The van der Waals surface area contributed by atoms with Gasteiger partial charge in [-0.2, -0.15) is 0 Å². The van der Waals surface area contributed by atoms with Gasteiger partial charge in [0.2, 0.25) is 5.16 Å². The van der Waals surface area contributed by atoms with Crippen LogP contribution in [0.2, 0.25) is 5.02 Å². The standard InChI is InChI=1S/C15H15ClN6OS/c16-9-5-6-11-12(7-9)17-13(18-14(11)23)8-24-15-19-20-21-22(15)10-3-1-2-4-10/h5-7,10H,1-4,8H2,(H,17,18,23). The molecule has 2 heterocycles. The van der Waals surface area contributed by atoms with Crippen LogP contribution in [0.3, 0.4) is 0 Å². The number of aromatic amines is 1. The molecule has 0 unspecified atom stereocenters. The second-order valence-electron chi connectivity index (χ2n) is 5.81. The predicted molar refractivity (Wildman–Crippen MR) is 92.3 cm³/mol. The zero-order valence-corrected chi connectivity index (χ0v) is 14.3. The molecule has 24 heavy (non-hydrogen) atoms. The molecule has 1 N–H and O–H groups in total. The number of hydrogen-bond acceptors (Lipinski definition) is 6. The number of benzene rings is 1. The number of H-pyrrole nitrogens is 1. The zero-order chi connectivity index (χ0) is 16.5. The summed E-state index contributed by atoms with van der Waals surface area (Å²) in [6.45, 7) is 0. The number of hydrogen-bond donors (Lipinski definition) is 1. The van der Waals surface area contributed by atoms with Crippen molar-refractivity contribution in [3.8, 4) is 0 Å². The van der Waals surface area contributed by atoms with Crippen molar-refractivity contribution in [3.05, 3.63) is 39.4 Å². The third-order valence-electron chi connectivity index (χ3n) is 4.19. The first-order valence-corrected chi connectivity index (χ1v) is 9.16. The number of nitrogens with one attached hydrogen (secondary N) is 1. The Morgan fingerprint density at radius 1 is 1.33 bits per heavy atom. The van der Waals surface area contributed by atoms with Gasteiger partial charge in [-0.05, 0) is 41.5 Å². The minimum atomic E-state index is -0.164. The van der Waals surface area contributed by atoms with E-state index in [0.717, 1.165) is 18.0 Å². The summed E-state index contributed by atoms with van der Waals surface area (Å²) in [5, 5.41) is 13.9. The zero-order valence-electron chi connectivity index (χ0n) is 12.8. The molecular weight excluding hydrogens is 348 g/mol. The first-order valence-electron chi connectivity index (χ1n) is 7.80. The van der Waals surface area contributed by atoms with E-state index >= 15 is 0 Å². The van der Waals surface area contributed by atoms with Crippen LogP contribution in [0.15, 0.2) is 28.2 Å². The first-order chi connectivity index (χ1) is 11.7. The molecular formula is C15H15ClN6OS. The smallest absolute Gasteiger partial charge is 0.258 e. The maximum atomic E-state index is 12.2. The van der Waals surface area contributed by atoms with Crippen molar-refractivity contribution in [1.82, 2.24) is 30.2 Å². The second kappa shape index (κ2) is 6.52. The fraction of sp³-hybridized carbons (Fsp3) is 0.400. The lowest BCUT2D eigenvalue weighted by Crippen LogP contribution is -2.12. The molecule has 4 rings (SSSR count). The summed E-state index contributed by atoms with van der Waals surface area (Å²) in [5.74, 6) is 1.07. The van der Waals surface area contributed by atoms with Gasteiger partial charge >= 0.3 is 0 Å². The number of thioether (sulfide) groups is 1. The van der Waals surface area contributed by atoms with Gasteiger partial charge in [0.15, 0.2) is 0 Å². The van der Waals surface area contributed by atoms with Gasteiger partial charge in [0, 0.05) is 5.02 Å². The average Bonchev–Trinajstić information content (AvgIpc) is 3.23. The summed E-state index contributed by atoms with van der Waals surface area (Å²) in [5.41, 5.74) is 0.430. The van der Waals surface area contributed by atoms with Gasteiger partial charge in [0.05, 0.1) is 22.7 Å². The monoisotopic (exact) mass is 362 g/mol. The van der Waals surface area contributed by atoms with Crippen molar-refractivity contribution in [3.63, 3.8) is 0 Å². The molecule has 0 saturated heterocycles. The highest BCUT2D eigenvalue weighted by molar-refractivity contribution is 7.98. The summed E-state index contributed by atoms with van der Waals surface area (Å²) in [6.07, 6.45) is 4.66. The van der Waals surface area contributed by atoms with Crippen molar-refractivity contribution < 1.29 is 0 Å². The molecule has 0 aliphatic heterocycles. The quantitative estimate of drug-likeness (QED) is 0.717. The summed E-state index contributed by atoms with van der Waals surface area (Å²) in [7, 11) is 0. The van der Waals surface area contributed by atoms with Gasteiger partial charge in [-0.1, -0.05) is 36.2 Å². The fourth-order valence-corrected chi connectivity index (χ4v) is 4.00. The van der Waals surface area contributed by atoms with Crippen LogP contribution >= 0.6 is 23.4 Å². The Bertz CT molecular complexity index is 933. The van der Waals surface area contributed by atoms with Crippen LogP contribution < -0.4 is 5.56 Å². The van der Waals surface area contributed by atoms with Crippen LogP contribution in [0, 0.1) is 0 Å². The normalized spacial score (nSPS) is 15.4. The van der Waals surface area contributed by atoms with E-state index in [1.807, 2.05) is 4.68 Å². The SMILES string of the molecule is O=c1[nH]c(CSc2nnnn2C2CCCC2)nc2cc(Cl)ccc12. The van der Waals surface area contributed by atoms with E-state index < -0.39 is 0 Å². The van der Waals surface area contributed by atoms with Gasteiger partial charge in [0.25, 0.3) is 5.56 Å². The molecule has 1 aliphatic carbocycles. The minimum Gasteiger partial charge on any atom is -0.309 e. The van der Waals surface area contributed by atoms with E-state index in [0.29, 0.717) is 33.5 Å². The topological polar surface area (TPSA) is 89.4 Å². The predicted octanol–water partition coefficient (Wildman–Crippen LogP) is 2.97. The molecule has 1 fully saturated rings. The Labute approximate surface area is 146 Å². The number of rotatable bonds is 4. The van der Waals surface area contributed by atoms with Gasteiger partial charge in [-0.25, -0.2) is 9.67 Å². The molecule has 0 spiro atoms. The molecule has 124 valence electrons. The molecule has 9 heteroatoms. The molecule has 0 radical (unpaired) electrons. The van der Waals surface area contributed by atoms with Crippen molar-refractivity contribution >= 4 is 34.3 Å². The van der Waals surface area contributed by atoms with Crippen LogP contribution in [-0.4, -0.2) is 30.2 Å². The molecule has 1 aromatic carbocycles. The maximum absolute atomic E-state index is 12.2. The van der Waals surface area contributed by atoms with Crippen molar-refractivity contribution in [1.29, 1.82) is 0 Å². The lowest BCUT2D eigenvalue weighted by atomic mass is 10.2. The van der Waals surface area contributed by atoms with Crippen LogP contribution in [0.25, 0.3) is 10.9 Å². The summed E-state index contributed by atoms with van der Waals surface area (Å²) >= 11 is 7.46. The number of nitrogens with zero attached hydrogens (tertiary/aromatic N) is 5. The number of halogens is 1. The first kappa shape index (κ1) is 15.6. The molecule has 1 saturated carbocycles. The van der Waals surface area contributed by atoms with Crippen molar-refractivity contribution in [2.45, 2.75) is 42.6 Å². The third-order valence-corrected chi connectivity index (χ3v) is 5.37. The molecule has 2 aromatic heterocycles. The Balaban J connectivity index is 1.57. The maximum Gasteiger partial charge on any atom is 0.258 e. The van der Waals surface area contributed by atoms with Gasteiger partial charge in [-0.3, -0.25) is 4.79 Å². The molecule has 7 nitrogen and oxygen atoms in total. The van der Waals surface area contributed by atoms with Crippen molar-refractivity contribution in [2.75, 3.05) is 0 Å². The molecule has 0 bridgehead atoms.